The topological polar surface area (TPSA) is 20.2 Å². The minimum atomic E-state index is 0.293. The van der Waals surface area contributed by atoms with Gasteiger partial charge in [-0.2, -0.15) is 0 Å². The van der Waals surface area contributed by atoms with Crippen molar-refractivity contribution in [1.82, 2.24) is 0 Å². The summed E-state index contributed by atoms with van der Waals surface area (Å²) < 4.78 is 0. The van der Waals surface area contributed by atoms with Gasteiger partial charge in [-0.05, 0) is 36.3 Å². The lowest BCUT2D eigenvalue weighted by molar-refractivity contribution is 0.247. The molecule has 76 valence electrons. The third-order valence-electron chi connectivity index (χ3n) is 3.31. The van der Waals surface area contributed by atoms with Crippen LogP contribution in [0, 0.1) is 5.92 Å². The van der Waals surface area contributed by atoms with Gasteiger partial charge in [-0.25, -0.2) is 0 Å². The second kappa shape index (κ2) is 4.14. The molecule has 14 heavy (non-hydrogen) atoms. The van der Waals surface area contributed by atoms with Gasteiger partial charge in [0, 0.05) is 12.5 Å². The standard InChI is InChI=1S/C13H18O/c1-10-6-7-11-4-2-3-5-13(11)12(8-10)9-14/h2-5,10,12,14H,6-9H2,1H3/t10-,12?/m0/s1. The van der Waals surface area contributed by atoms with Crippen LogP contribution in [0.3, 0.4) is 0 Å². The molecule has 1 unspecified atom stereocenters. The van der Waals surface area contributed by atoms with E-state index >= 15 is 0 Å². The molecule has 1 aliphatic carbocycles. The first-order chi connectivity index (χ1) is 6.81. The fraction of sp³-hybridized carbons (Fsp3) is 0.538. The van der Waals surface area contributed by atoms with E-state index in [0.29, 0.717) is 12.5 Å². The molecule has 2 rings (SSSR count). The monoisotopic (exact) mass is 190 g/mol. The van der Waals surface area contributed by atoms with E-state index in [1.54, 1.807) is 0 Å². The number of rotatable bonds is 1. The van der Waals surface area contributed by atoms with Crippen molar-refractivity contribution in [1.29, 1.82) is 0 Å². The van der Waals surface area contributed by atoms with Crippen LogP contribution in [-0.2, 0) is 6.42 Å². The second-order valence-corrected chi connectivity index (χ2v) is 4.46. The Morgan fingerprint density at radius 2 is 2.14 bits per heavy atom. The van der Waals surface area contributed by atoms with E-state index in [0.717, 1.165) is 12.3 Å². The first-order valence-corrected chi connectivity index (χ1v) is 5.50. The van der Waals surface area contributed by atoms with E-state index in [-0.39, 0.29) is 0 Å². The van der Waals surface area contributed by atoms with Crippen LogP contribution in [0.1, 0.15) is 36.8 Å². The molecular weight excluding hydrogens is 172 g/mol. The van der Waals surface area contributed by atoms with Gasteiger partial charge in [0.15, 0.2) is 0 Å². The third-order valence-corrected chi connectivity index (χ3v) is 3.31. The lowest BCUT2D eigenvalue weighted by Crippen LogP contribution is -2.07. The van der Waals surface area contributed by atoms with Crippen molar-refractivity contribution in [2.24, 2.45) is 5.92 Å². The van der Waals surface area contributed by atoms with E-state index < -0.39 is 0 Å². The third kappa shape index (κ3) is 1.83. The Hall–Kier alpha value is -0.820. The van der Waals surface area contributed by atoms with Crippen molar-refractivity contribution >= 4 is 0 Å². The molecule has 2 atom stereocenters. The van der Waals surface area contributed by atoms with Crippen LogP contribution in [0.5, 0.6) is 0 Å². The molecule has 1 aromatic carbocycles. The summed E-state index contributed by atoms with van der Waals surface area (Å²) in [5, 5.41) is 9.38. The van der Waals surface area contributed by atoms with Crippen LogP contribution in [0.2, 0.25) is 0 Å². The molecule has 0 saturated heterocycles. The van der Waals surface area contributed by atoms with E-state index in [2.05, 4.69) is 31.2 Å². The number of hydrogen-bond acceptors (Lipinski definition) is 1. The van der Waals surface area contributed by atoms with Gasteiger partial charge < -0.3 is 5.11 Å². The molecule has 0 heterocycles. The van der Waals surface area contributed by atoms with Gasteiger partial charge >= 0.3 is 0 Å². The van der Waals surface area contributed by atoms with E-state index in [4.69, 9.17) is 0 Å². The molecule has 0 spiro atoms. The van der Waals surface area contributed by atoms with Crippen molar-refractivity contribution in [3.8, 4) is 0 Å². The van der Waals surface area contributed by atoms with Crippen LogP contribution in [0.25, 0.3) is 0 Å². The highest BCUT2D eigenvalue weighted by atomic mass is 16.3. The number of aliphatic hydroxyl groups is 1. The normalized spacial score (nSPS) is 26.7. The molecule has 0 aliphatic heterocycles. The molecule has 0 fully saturated rings. The Kier molecular flexibility index (Phi) is 2.87. The molecule has 0 amide bonds. The SMILES string of the molecule is C[C@H]1CCc2ccccc2C(CO)C1. The summed E-state index contributed by atoms with van der Waals surface area (Å²) in [7, 11) is 0. The predicted octanol–water partition coefficient (Wildman–Crippen LogP) is 2.73. The van der Waals surface area contributed by atoms with Crippen molar-refractivity contribution in [2.45, 2.75) is 32.1 Å². The lowest BCUT2D eigenvalue weighted by Gasteiger charge is -2.16. The molecule has 1 aromatic rings. The van der Waals surface area contributed by atoms with Gasteiger partial charge in [-0.3, -0.25) is 0 Å². The summed E-state index contributed by atoms with van der Waals surface area (Å²) in [5.74, 6) is 1.10. The van der Waals surface area contributed by atoms with Crippen molar-refractivity contribution < 1.29 is 5.11 Å². The van der Waals surface area contributed by atoms with Crippen molar-refractivity contribution in [3.63, 3.8) is 0 Å². The Labute approximate surface area is 85.8 Å². The van der Waals surface area contributed by atoms with Crippen LogP contribution in [-0.4, -0.2) is 11.7 Å². The van der Waals surface area contributed by atoms with Crippen LogP contribution >= 0.6 is 0 Å². The molecule has 0 saturated carbocycles. The first kappa shape index (κ1) is 9.72. The van der Waals surface area contributed by atoms with Crippen LogP contribution in [0.4, 0.5) is 0 Å². The number of aryl methyl sites for hydroxylation is 1. The van der Waals surface area contributed by atoms with Crippen LogP contribution < -0.4 is 0 Å². The number of benzene rings is 1. The zero-order valence-corrected chi connectivity index (χ0v) is 8.74. The first-order valence-electron chi connectivity index (χ1n) is 5.50. The zero-order valence-electron chi connectivity index (χ0n) is 8.74. The van der Waals surface area contributed by atoms with Gasteiger partial charge in [0.25, 0.3) is 0 Å². The summed E-state index contributed by atoms with van der Waals surface area (Å²) in [6.07, 6.45) is 3.56. The fourth-order valence-electron chi connectivity index (χ4n) is 2.47. The van der Waals surface area contributed by atoms with Gasteiger partial charge in [-0.15, -0.1) is 0 Å². The Balaban J connectivity index is 2.34. The molecule has 1 nitrogen and oxygen atoms in total. The van der Waals surface area contributed by atoms with E-state index in [1.165, 1.54) is 24.0 Å². The Bertz CT molecular complexity index is 306. The van der Waals surface area contributed by atoms with E-state index in [1.807, 2.05) is 0 Å². The quantitative estimate of drug-likeness (QED) is 0.675. The lowest BCUT2D eigenvalue weighted by atomic mass is 9.91. The number of hydrogen-bond donors (Lipinski definition) is 1. The maximum absolute atomic E-state index is 9.38. The zero-order chi connectivity index (χ0) is 9.97. The fourth-order valence-corrected chi connectivity index (χ4v) is 2.47. The van der Waals surface area contributed by atoms with Gasteiger partial charge in [0.05, 0.1) is 0 Å². The highest BCUT2D eigenvalue weighted by Crippen LogP contribution is 2.32. The summed E-state index contributed by atoms with van der Waals surface area (Å²) in [6.45, 7) is 2.58. The molecule has 0 aromatic heterocycles. The maximum atomic E-state index is 9.38. The molecule has 1 heteroatoms. The number of aliphatic hydroxyl groups excluding tert-OH is 1. The number of fused-ring (bicyclic) bond motifs is 1. The van der Waals surface area contributed by atoms with Crippen LogP contribution in [0.15, 0.2) is 24.3 Å². The summed E-state index contributed by atoms with van der Waals surface area (Å²) in [4.78, 5) is 0. The molecule has 1 aliphatic rings. The largest absolute Gasteiger partial charge is 0.396 e. The molecule has 1 N–H and O–H groups in total. The minimum Gasteiger partial charge on any atom is -0.396 e. The highest BCUT2D eigenvalue weighted by Gasteiger charge is 2.20. The smallest absolute Gasteiger partial charge is 0.0499 e. The van der Waals surface area contributed by atoms with Gasteiger partial charge in [0.2, 0.25) is 0 Å². The average Bonchev–Trinajstić information content (AvgIpc) is 2.38. The highest BCUT2D eigenvalue weighted by molar-refractivity contribution is 5.31. The molecular formula is C13H18O. The minimum absolute atomic E-state index is 0.293. The maximum Gasteiger partial charge on any atom is 0.0499 e. The Morgan fingerprint density at radius 1 is 1.36 bits per heavy atom. The summed E-state index contributed by atoms with van der Waals surface area (Å²) in [5.41, 5.74) is 2.82. The van der Waals surface area contributed by atoms with Gasteiger partial charge in [-0.1, -0.05) is 31.2 Å². The second-order valence-electron chi connectivity index (χ2n) is 4.46. The molecule has 0 radical (unpaired) electrons. The van der Waals surface area contributed by atoms with E-state index in [9.17, 15) is 5.11 Å². The van der Waals surface area contributed by atoms with Crippen molar-refractivity contribution in [2.75, 3.05) is 6.61 Å². The molecule has 0 bridgehead atoms. The Morgan fingerprint density at radius 3 is 2.93 bits per heavy atom. The van der Waals surface area contributed by atoms with Crippen molar-refractivity contribution in [3.05, 3.63) is 35.4 Å². The van der Waals surface area contributed by atoms with Gasteiger partial charge in [0.1, 0.15) is 0 Å². The average molecular weight is 190 g/mol. The summed E-state index contributed by atoms with van der Waals surface area (Å²) >= 11 is 0. The predicted molar refractivity (Wildman–Crippen MR) is 58.4 cm³/mol. The summed E-state index contributed by atoms with van der Waals surface area (Å²) in [6, 6.07) is 8.56.